The molecule has 0 aromatic heterocycles. The number of ether oxygens (including phenoxy) is 1. The maximum absolute atomic E-state index is 5.65. The van der Waals surface area contributed by atoms with Gasteiger partial charge in [-0.05, 0) is 67.1 Å². The molecule has 1 aliphatic rings. The second-order valence-electron chi connectivity index (χ2n) is 7.65. The summed E-state index contributed by atoms with van der Waals surface area (Å²) in [6.07, 6.45) is 5.26. The van der Waals surface area contributed by atoms with Crippen LogP contribution in [0.3, 0.4) is 0 Å². The molecule has 2 heteroatoms. The van der Waals surface area contributed by atoms with Gasteiger partial charge in [0.05, 0.1) is 7.11 Å². The Labute approximate surface area is 138 Å². The van der Waals surface area contributed by atoms with Crippen molar-refractivity contribution in [3.05, 3.63) is 28.2 Å². The fourth-order valence-corrected chi connectivity index (χ4v) is 4.80. The summed E-state index contributed by atoms with van der Waals surface area (Å²) in [6.45, 7) is 9.53. The van der Waals surface area contributed by atoms with Crippen LogP contribution in [0.5, 0.6) is 5.75 Å². The Balaban J connectivity index is 2.33. The van der Waals surface area contributed by atoms with Gasteiger partial charge in [-0.3, -0.25) is 0 Å². The Morgan fingerprint density at radius 3 is 2.67 bits per heavy atom. The summed E-state index contributed by atoms with van der Waals surface area (Å²) in [6, 6.07) is 6.44. The summed E-state index contributed by atoms with van der Waals surface area (Å²) in [4.78, 5) is 0. The predicted octanol–water partition coefficient (Wildman–Crippen LogP) is 6.20. The van der Waals surface area contributed by atoms with E-state index in [0.29, 0.717) is 0 Å². The van der Waals surface area contributed by atoms with Crippen LogP contribution < -0.4 is 4.74 Å². The van der Waals surface area contributed by atoms with Gasteiger partial charge in [0.1, 0.15) is 5.75 Å². The standard InChI is InChI=1S/C19H29BrO/c1-13(2)8-15-9-14(3)11-19(4,12-15)17-10-16(20)6-7-18(17)21-5/h6-7,10,13-15H,8-9,11-12H2,1-5H3. The molecule has 0 bridgehead atoms. The van der Waals surface area contributed by atoms with Gasteiger partial charge in [0.2, 0.25) is 0 Å². The number of methoxy groups -OCH3 is 1. The Hall–Kier alpha value is -0.500. The van der Waals surface area contributed by atoms with Gasteiger partial charge < -0.3 is 4.74 Å². The Kier molecular flexibility index (Phi) is 5.40. The summed E-state index contributed by atoms with van der Waals surface area (Å²) in [5, 5.41) is 0. The van der Waals surface area contributed by atoms with Gasteiger partial charge in [-0.15, -0.1) is 0 Å². The lowest BCUT2D eigenvalue weighted by Crippen LogP contribution is -2.34. The second kappa shape index (κ2) is 6.73. The van der Waals surface area contributed by atoms with Crippen LogP contribution in [0.1, 0.15) is 58.9 Å². The Morgan fingerprint density at radius 1 is 1.33 bits per heavy atom. The van der Waals surface area contributed by atoms with Crippen molar-refractivity contribution in [1.82, 2.24) is 0 Å². The molecule has 21 heavy (non-hydrogen) atoms. The third-order valence-electron chi connectivity index (χ3n) is 4.89. The van der Waals surface area contributed by atoms with E-state index in [0.717, 1.165) is 28.0 Å². The number of hydrogen-bond acceptors (Lipinski definition) is 1. The fraction of sp³-hybridized carbons (Fsp3) is 0.684. The van der Waals surface area contributed by atoms with Crippen molar-refractivity contribution in [2.75, 3.05) is 7.11 Å². The van der Waals surface area contributed by atoms with Crippen LogP contribution >= 0.6 is 15.9 Å². The SMILES string of the molecule is COc1ccc(Br)cc1C1(C)CC(C)CC(CC(C)C)C1. The van der Waals surface area contributed by atoms with E-state index < -0.39 is 0 Å². The van der Waals surface area contributed by atoms with Crippen molar-refractivity contribution in [3.63, 3.8) is 0 Å². The van der Waals surface area contributed by atoms with Crippen molar-refractivity contribution < 1.29 is 4.74 Å². The molecule has 0 heterocycles. The lowest BCUT2D eigenvalue weighted by molar-refractivity contribution is 0.161. The van der Waals surface area contributed by atoms with Gasteiger partial charge in [0, 0.05) is 10.0 Å². The predicted molar refractivity (Wildman–Crippen MR) is 94.0 cm³/mol. The number of benzene rings is 1. The first-order valence-electron chi connectivity index (χ1n) is 8.18. The summed E-state index contributed by atoms with van der Waals surface area (Å²) >= 11 is 3.63. The van der Waals surface area contributed by atoms with Crippen molar-refractivity contribution in [2.45, 2.75) is 58.8 Å². The van der Waals surface area contributed by atoms with Gasteiger partial charge in [-0.2, -0.15) is 0 Å². The summed E-state index contributed by atoms with van der Waals surface area (Å²) in [7, 11) is 1.79. The highest BCUT2D eigenvalue weighted by Crippen LogP contribution is 2.48. The largest absolute Gasteiger partial charge is 0.496 e. The Bertz CT molecular complexity index is 480. The average Bonchev–Trinajstić information content (AvgIpc) is 2.36. The smallest absolute Gasteiger partial charge is 0.122 e. The molecular formula is C19H29BrO. The molecule has 0 amide bonds. The molecule has 0 N–H and O–H groups in total. The highest BCUT2D eigenvalue weighted by atomic mass is 79.9. The third-order valence-corrected chi connectivity index (χ3v) is 5.38. The second-order valence-corrected chi connectivity index (χ2v) is 8.57. The highest BCUT2D eigenvalue weighted by molar-refractivity contribution is 9.10. The Morgan fingerprint density at radius 2 is 2.05 bits per heavy atom. The van der Waals surface area contributed by atoms with E-state index in [-0.39, 0.29) is 5.41 Å². The minimum absolute atomic E-state index is 0.229. The molecule has 1 nitrogen and oxygen atoms in total. The minimum atomic E-state index is 0.229. The molecule has 3 atom stereocenters. The van der Waals surface area contributed by atoms with Crippen LogP contribution in [0.15, 0.2) is 22.7 Å². The van der Waals surface area contributed by atoms with Crippen molar-refractivity contribution in [2.24, 2.45) is 17.8 Å². The van der Waals surface area contributed by atoms with Gasteiger partial charge in [0.25, 0.3) is 0 Å². The maximum Gasteiger partial charge on any atom is 0.122 e. The number of rotatable bonds is 4. The molecule has 1 aromatic carbocycles. The van der Waals surface area contributed by atoms with Crippen LogP contribution in [0, 0.1) is 17.8 Å². The molecule has 0 radical (unpaired) electrons. The third kappa shape index (κ3) is 4.03. The van der Waals surface area contributed by atoms with Crippen LogP contribution in [-0.2, 0) is 5.41 Å². The molecule has 1 fully saturated rings. The zero-order valence-corrected chi connectivity index (χ0v) is 15.7. The van der Waals surface area contributed by atoms with E-state index in [9.17, 15) is 0 Å². The zero-order chi connectivity index (χ0) is 15.6. The van der Waals surface area contributed by atoms with Crippen molar-refractivity contribution in [3.8, 4) is 5.75 Å². The first-order valence-corrected chi connectivity index (χ1v) is 8.97. The first-order chi connectivity index (χ1) is 9.84. The normalized spacial score (nSPS) is 29.7. The van der Waals surface area contributed by atoms with E-state index in [1.54, 1.807) is 7.11 Å². The van der Waals surface area contributed by atoms with E-state index >= 15 is 0 Å². The highest BCUT2D eigenvalue weighted by Gasteiger charge is 2.38. The first kappa shape index (κ1) is 16.9. The van der Waals surface area contributed by atoms with Gasteiger partial charge in [0.15, 0.2) is 0 Å². The molecule has 0 aliphatic heterocycles. The van der Waals surface area contributed by atoms with Crippen LogP contribution in [0.2, 0.25) is 0 Å². The van der Waals surface area contributed by atoms with Gasteiger partial charge in [-0.25, -0.2) is 0 Å². The van der Waals surface area contributed by atoms with E-state index in [4.69, 9.17) is 4.74 Å². The topological polar surface area (TPSA) is 9.23 Å². The quantitative estimate of drug-likeness (QED) is 0.626. The fourth-order valence-electron chi connectivity index (χ4n) is 4.44. The van der Waals surface area contributed by atoms with Gasteiger partial charge >= 0.3 is 0 Å². The molecule has 1 aliphatic carbocycles. The van der Waals surface area contributed by atoms with E-state index in [1.807, 2.05) is 0 Å². The molecule has 3 unspecified atom stereocenters. The minimum Gasteiger partial charge on any atom is -0.496 e. The van der Waals surface area contributed by atoms with Crippen LogP contribution in [0.25, 0.3) is 0 Å². The lowest BCUT2D eigenvalue weighted by atomic mass is 9.62. The lowest BCUT2D eigenvalue weighted by Gasteiger charge is -2.43. The molecular weight excluding hydrogens is 324 g/mol. The van der Waals surface area contributed by atoms with Crippen molar-refractivity contribution in [1.29, 1.82) is 0 Å². The number of halogens is 1. The summed E-state index contributed by atoms with van der Waals surface area (Å²) < 4.78 is 6.80. The molecule has 2 rings (SSSR count). The zero-order valence-electron chi connectivity index (χ0n) is 14.1. The molecule has 0 spiro atoms. The van der Waals surface area contributed by atoms with Crippen LogP contribution in [-0.4, -0.2) is 7.11 Å². The molecule has 118 valence electrons. The maximum atomic E-state index is 5.65. The average molecular weight is 353 g/mol. The molecule has 1 saturated carbocycles. The van der Waals surface area contributed by atoms with E-state index in [1.165, 1.54) is 31.2 Å². The summed E-state index contributed by atoms with van der Waals surface area (Å²) in [5.74, 6) is 3.45. The van der Waals surface area contributed by atoms with Crippen LogP contribution in [0.4, 0.5) is 0 Å². The molecule has 0 saturated heterocycles. The van der Waals surface area contributed by atoms with Crippen molar-refractivity contribution >= 4 is 15.9 Å². The van der Waals surface area contributed by atoms with Gasteiger partial charge in [-0.1, -0.05) is 43.6 Å². The monoisotopic (exact) mass is 352 g/mol. The molecule has 1 aromatic rings. The summed E-state index contributed by atoms with van der Waals surface area (Å²) in [5.41, 5.74) is 1.60. The number of hydrogen-bond donors (Lipinski definition) is 0. The van der Waals surface area contributed by atoms with E-state index in [2.05, 4.69) is 61.8 Å².